The van der Waals surface area contributed by atoms with E-state index in [-0.39, 0.29) is 28.0 Å². The van der Waals surface area contributed by atoms with Crippen LogP contribution in [0.5, 0.6) is 0 Å². The number of sulfonamides is 1. The summed E-state index contributed by atoms with van der Waals surface area (Å²) in [6, 6.07) is 8.49. The Balaban J connectivity index is 1.83. The van der Waals surface area contributed by atoms with Gasteiger partial charge in [0.1, 0.15) is 16.8 Å². The molecule has 10 heteroatoms. The summed E-state index contributed by atoms with van der Waals surface area (Å²) in [6.07, 6.45) is 1.61. The molecule has 6 nitrogen and oxygen atoms in total. The van der Waals surface area contributed by atoms with Crippen molar-refractivity contribution in [3.8, 4) is 6.07 Å². The van der Waals surface area contributed by atoms with Gasteiger partial charge < -0.3 is 4.90 Å². The molecule has 0 unspecified atom stereocenters. The number of nitriles is 1. The highest BCUT2D eigenvalue weighted by Crippen LogP contribution is 2.35. The summed E-state index contributed by atoms with van der Waals surface area (Å²) in [5.74, 6) is 0.562. The average Bonchev–Trinajstić information content (AvgIpc) is 2.60. The van der Waals surface area contributed by atoms with Crippen molar-refractivity contribution in [2.75, 3.05) is 31.1 Å². The molecule has 0 bridgehead atoms. The Bertz CT molecular complexity index is 963. The first-order valence-corrected chi connectivity index (χ1v) is 10.6. The maximum absolute atomic E-state index is 13.0. The first kappa shape index (κ1) is 19.4. The number of hydrogen-bond donors (Lipinski definition) is 0. The number of halogens is 3. The molecule has 0 radical (unpaired) electrons. The van der Waals surface area contributed by atoms with Crippen LogP contribution in [-0.4, -0.2) is 43.9 Å². The van der Waals surface area contributed by atoms with E-state index in [0.29, 0.717) is 28.9 Å². The summed E-state index contributed by atoms with van der Waals surface area (Å²) >= 11 is 15.5. The minimum absolute atomic E-state index is 0.0725. The monoisotopic (exact) mass is 474 g/mol. The number of rotatable bonds is 3. The fourth-order valence-electron chi connectivity index (χ4n) is 2.78. The molecule has 1 aromatic heterocycles. The predicted octanol–water partition coefficient (Wildman–Crippen LogP) is 3.53. The van der Waals surface area contributed by atoms with Crippen LogP contribution in [0.15, 0.2) is 39.8 Å². The number of nitrogens with zero attached hydrogens (tertiary/aromatic N) is 4. The second kappa shape index (κ2) is 7.71. The SMILES string of the molecule is N#Cc1cccnc1N1CCN(S(=O)(=O)c2c(Cl)cc(Br)cc2Cl)CC1. The fraction of sp³-hybridized carbons (Fsp3) is 0.250. The van der Waals surface area contributed by atoms with Gasteiger partial charge in [0.05, 0.1) is 15.6 Å². The Morgan fingerprint density at radius 2 is 1.77 bits per heavy atom. The molecule has 3 rings (SSSR count). The van der Waals surface area contributed by atoms with Crippen molar-refractivity contribution in [1.82, 2.24) is 9.29 Å². The molecule has 26 heavy (non-hydrogen) atoms. The van der Waals surface area contributed by atoms with E-state index in [1.807, 2.05) is 4.90 Å². The Labute approximate surface area is 170 Å². The van der Waals surface area contributed by atoms with E-state index in [1.165, 1.54) is 16.4 Å². The van der Waals surface area contributed by atoms with Crippen LogP contribution in [0.1, 0.15) is 5.56 Å². The number of piperazine rings is 1. The Kier molecular flexibility index (Phi) is 5.75. The predicted molar refractivity (Wildman–Crippen MR) is 104 cm³/mol. The molecule has 1 aromatic carbocycles. The standard InChI is InChI=1S/C16H13BrCl2N4O2S/c17-12-8-13(18)15(14(19)9-12)26(24,25)23-6-4-22(5-7-23)16-11(10-20)2-1-3-21-16/h1-3,8-9H,4-7H2. The highest BCUT2D eigenvalue weighted by Gasteiger charge is 2.32. The molecule has 1 aliphatic heterocycles. The average molecular weight is 476 g/mol. The van der Waals surface area contributed by atoms with Gasteiger partial charge in [0.25, 0.3) is 0 Å². The highest BCUT2D eigenvalue weighted by atomic mass is 79.9. The molecule has 0 aliphatic carbocycles. The third kappa shape index (κ3) is 3.68. The van der Waals surface area contributed by atoms with Crippen LogP contribution in [0.2, 0.25) is 10.0 Å². The van der Waals surface area contributed by atoms with Gasteiger partial charge in [-0.15, -0.1) is 0 Å². The molecule has 136 valence electrons. The van der Waals surface area contributed by atoms with Crippen molar-refractivity contribution < 1.29 is 8.42 Å². The number of pyridine rings is 1. The molecule has 1 fully saturated rings. The van der Waals surface area contributed by atoms with E-state index >= 15 is 0 Å². The Morgan fingerprint density at radius 1 is 1.15 bits per heavy atom. The van der Waals surface area contributed by atoms with E-state index in [0.717, 1.165) is 0 Å². The van der Waals surface area contributed by atoms with E-state index in [1.54, 1.807) is 18.3 Å². The van der Waals surface area contributed by atoms with Gasteiger partial charge in [-0.05, 0) is 24.3 Å². The molecular weight excluding hydrogens is 463 g/mol. The molecular formula is C16H13BrCl2N4O2S. The molecule has 1 saturated heterocycles. The van der Waals surface area contributed by atoms with Crippen molar-refractivity contribution in [3.63, 3.8) is 0 Å². The van der Waals surface area contributed by atoms with Crippen LogP contribution in [0, 0.1) is 11.3 Å². The summed E-state index contributed by atoms with van der Waals surface area (Å²) in [4.78, 5) is 6.05. The van der Waals surface area contributed by atoms with Crippen molar-refractivity contribution in [2.24, 2.45) is 0 Å². The highest BCUT2D eigenvalue weighted by molar-refractivity contribution is 9.10. The zero-order valence-electron chi connectivity index (χ0n) is 13.4. The summed E-state index contributed by atoms with van der Waals surface area (Å²) in [5, 5.41) is 9.35. The molecule has 0 N–H and O–H groups in total. The Morgan fingerprint density at radius 3 is 2.35 bits per heavy atom. The van der Waals surface area contributed by atoms with Gasteiger partial charge in [-0.1, -0.05) is 39.1 Å². The maximum atomic E-state index is 13.0. The summed E-state index contributed by atoms with van der Waals surface area (Å²) in [5.41, 5.74) is 0.461. The van der Waals surface area contributed by atoms with Crippen molar-refractivity contribution in [1.29, 1.82) is 5.26 Å². The van der Waals surface area contributed by atoms with Gasteiger partial charge >= 0.3 is 0 Å². The maximum Gasteiger partial charge on any atom is 0.246 e. The van der Waals surface area contributed by atoms with Gasteiger partial charge in [0, 0.05) is 36.8 Å². The largest absolute Gasteiger partial charge is 0.353 e. The lowest BCUT2D eigenvalue weighted by molar-refractivity contribution is 0.384. The minimum atomic E-state index is -3.82. The number of aromatic nitrogens is 1. The van der Waals surface area contributed by atoms with Crippen molar-refractivity contribution in [2.45, 2.75) is 4.90 Å². The zero-order valence-corrected chi connectivity index (χ0v) is 17.3. The number of anilines is 1. The molecule has 2 aromatic rings. The number of hydrogen-bond acceptors (Lipinski definition) is 5. The first-order chi connectivity index (χ1) is 12.3. The zero-order chi connectivity index (χ0) is 18.9. The van der Waals surface area contributed by atoms with Crippen LogP contribution >= 0.6 is 39.1 Å². The molecule has 0 spiro atoms. The van der Waals surface area contributed by atoms with Gasteiger partial charge in [-0.2, -0.15) is 9.57 Å². The molecule has 0 amide bonds. The van der Waals surface area contributed by atoms with E-state index in [4.69, 9.17) is 23.2 Å². The fourth-order valence-corrected chi connectivity index (χ4v) is 6.09. The minimum Gasteiger partial charge on any atom is -0.353 e. The third-order valence-corrected chi connectivity index (χ3v) is 7.29. The van der Waals surface area contributed by atoms with Crippen molar-refractivity contribution in [3.05, 3.63) is 50.5 Å². The van der Waals surface area contributed by atoms with Crippen LogP contribution in [-0.2, 0) is 10.0 Å². The normalized spacial score (nSPS) is 15.7. The van der Waals surface area contributed by atoms with Crippen LogP contribution in [0.3, 0.4) is 0 Å². The lowest BCUT2D eigenvalue weighted by Gasteiger charge is -2.35. The summed E-state index contributed by atoms with van der Waals surface area (Å²) in [7, 11) is -3.82. The van der Waals surface area contributed by atoms with Gasteiger partial charge in [0.2, 0.25) is 10.0 Å². The quantitative estimate of drug-likeness (QED) is 0.678. The van der Waals surface area contributed by atoms with Crippen LogP contribution in [0.4, 0.5) is 5.82 Å². The van der Waals surface area contributed by atoms with Crippen molar-refractivity contribution >= 4 is 55.0 Å². The lowest BCUT2D eigenvalue weighted by atomic mass is 10.2. The van der Waals surface area contributed by atoms with Crippen LogP contribution < -0.4 is 4.90 Å². The van der Waals surface area contributed by atoms with E-state index in [9.17, 15) is 13.7 Å². The molecule has 0 saturated carbocycles. The van der Waals surface area contributed by atoms with Gasteiger partial charge in [-0.25, -0.2) is 13.4 Å². The van der Waals surface area contributed by atoms with Gasteiger partial charge in [-0.3, -0.25) is 0 Å². The summed E-state index contributed by atoms with van der Waals surface area (Å²) < 4.78 is 27.9. The Hall–Kier alpha value is -1.37. The molecule has 1 aliphatic rings. The lowest BCUT2D eigenvalue weighted by Crippen LogP contribution is -2.49. The first-order valence-electron chi connectivity index (χ1n) is 7.59. The van der Waals surface area contributed by atoms with Crippen LogP contribution in [0.25, 0.3) is 0 Å². The second-order valence-corrected chi connectivity index (χ2v) is 9.18. The van der Waals surface area contributed by atoms with E-state index in [2.05, 4.69) is 27.0 Å². The molecule has 2 heterocycles. The topological polar surface area (TPSA) is 77.3 Å². The van der Waals surface area contributed by atoms with E-state index < -0.39 is 10.0 Å². The second-order valence-electron chi connectivity index (χ2n) is 5.58. The summed E-state index contributed by atoms with van der Waals surface area (Å²) in [6.45, 7) is 1.31. The number of benzene rings is 1. The van der Waals surface area contributed by atoms with Gasteiger partial charge in [0.15, 0.2) is 0 Å². The third-order valence-electron chi connectivity index (χ3n) is 4.01. The smallest absolute Gasteiger partial charge is 0.246 e. The molecule has 0 atom stereocenters.